The van der Waals surface area contributed by atoms with E-state index in [-0.39, 0.29) is 0 Å². The Morgan fingerprint density at radius 1 is 1.14 bits per heavy atom. The van der Waals surface area contributed by atoms with Crippen LogP contribution < -0.4 is 0 Å². The zero-order valence-electron chi connectivity index (χ0n) is 9.76. The van der Waals surface area contributed by atoms with Crippen molar-refractivity contribution in [3.63, 3.8) is 0 Å². The number of likely N-dealkylation sites (tertiary alicyclic amines) is 2. The summed E-state index contributed by atoms with van der Waals surface area (Å²) in [7, 11) is 2.27. The van der Waals surface area contributed by atoms with Crippen LogP contribution in [0.2, 0.25) is 0 Å². The molecule has 2 aliphatic rings. The maximum Gasteiger partial charge on any atom is 0.00512 e. The van der Waals surface area contributed by atoms with Gasteiger partial charge in [-0.15, -0.1) is 0 Å². The maximum atomic E-state index is 2.68. The highest BCUT2D eigenvalue weighted by Crippen LogP contribution is 2.38. The average Bonchev–Trinajstić information content (AvgIpc) is 2.72. The van der Waals surface area contributed by atoms with Gasteiger partial charge in [0.05, 0.1) is 0 Å². The van der Waals surface area contributed by atoms with Crippen molar-refractivity contribution in [2.24, 2.45) is 5.41 Å². The van der Waals surface area contributed by atoms with Crippen LogP contribution in [0.4, 0.5) is 0 Å². The third kappa shape index (κ3) is 2.12. The van der Waals surface area contributed by atoms with Crippen molar-refractivity contribution in [3.05, 3.63) is 0 Å². The molecule has 2 nitrogen and oxygen atoms in total. The van der Waals surface area contributed by atoms with Crippen LogP contribution in [0.15, 0.2) is 0 Å². The molecule has 14 heavy (non-hydrogen) atoms. The number of hydrogen-bond acceptors (Lipinski definition) is 2. The predicted molar refractivity (Wildman–Crippen MR) is 60.5 cm³/mol. The Kier molecular flexibility index (Phi) is 3.13. The normalized spacial score (nSPS) is 34.7. The van der Waals surface area contributed by atoms with E-state index >= 15 is 0 Å². The van der Waals surface area contributed by atoms with Crippen molar-refractivity contribution in [3.8, 4) is 0 Å². The topological polar surface area (TPSA) is 6.48 Å². The van der Waals surface area contributed by atoms with Gasteiger partial charge in [-0.05, 0) is 51.4 Å². The molecular weight excluding hydrogens is 172 g/mol. The van der Waals surface area contributed by atoms with Crippen molar-refractivity contribution in [1.29, 1.82) is 0 Å². The van der Waals surface area contributed by atoms with Crippen LogP contribution in [0.25, 0.3) is 0 Å². The molecule has 1 spiro atoms. The SMILES string of the molecule is CCCCN1CCC2(CCN(C)C2)C1. The third-order valence-electron chi connectivity index (χ3n) is 3.97. The Morgan fingerprint density at radius 3 is 2.57 bits per heavy atom. The molecule has 1 atom stereocenters. The molecule has 1 unspecified atom stereocenters. The van der Waals surface area contributed by atoms with Crippen LogP contribution >= 0.6 is 0 Å². The van der Waals surface area contributed by atoms with E-state index in [1.54, 1.807) is 0 Å². The van der Waals surface area contributed by atoms with Gasteiger partial charge in [-0.2, -0.15) is 0 Å². The van der Waals surface area contributed by atoms with Crippen molar-refractivity contribution in [2.45, 2.75) is 32.6 Å². The van der Waals surface area contributed by atoms with E-state index in [1.807, 2.05) is 0 Å². The summed E-state index contributed by atoms with van der Waals surface area (Å²) in [6, 6.07) is 0. The van der Waals surface area contributed by atoms with Crippen LogP contribution in [0.5, 0.6) is 0 Å². The monoisotopic (exact) mass is 196 g/mol. The lowest BCUT2D eigenvalue weighted by molar-refractivity contribution is 0.253. The second-order valence-corrected chi connectivity index (χ2v) is 5.37. The molecule has 0 aliphatic carbocycles. The van der Waals surface area contributed by atoms with Crippen molar-refractivity contribution < 1.29 is 0 Å². The first-order valence-corrected chi connectivity index (χ1v) is 6.15. The van der Waals surface area contributed by atoms with Gasteiger partial charge >= 0.3 is 0 Å². The minimum absolute atomic E-state index is 0.683. The van der Waals surface area contributed by atoms with E-state index in [1.165, 1.54) is 58.4 Å². The molecule has 2 rings (SSSR count). The van der Waals surface area contributed by atoms with Gasteiger partial charge in [0.1, 0.15) is 0 Å². The molecule has 0 aromatic heterocycles. The summed E-state index contributed by atoms with van der Waals surface area (Å²) >= 11 is 0. The van der Waals surface area contributed by atoms with Crippen LogP contribution in [0.3, 0.4) is 0 Å². The van der Waals surface area contributed by atoms with Gasteiger partial charge in [0, 0.05) is 13.1 Å². The first kappa shape index (κ1) is 10.4. The molecular formula is C12H24N2. The molecule has 2 saturated heterocycles. The molecule has 0 saturated carbocycles. The van der Waals surface area contributed by atoms with E-state index in [9.17, 15) is 0 Å². The number of hydrogen-bond donors (Lipinski definition) is 0. The van der Waals surface area contributed by atoms with Gasteiger partial charge in [-0.1, -0.05) is 13.3 Å². The van der Waals surface area contributed by atoms with E-state index in [0.717, 1.165) is 0 Å². The highest BCUT2D eigenvalue weighted by molar-refractivity contribution is 4.95. The molecule has 0 N–H and O–H groups in total. The Balaban J connectivity index is 1.82. The summed E-state index contributed by atoms with van der Waals surface area (Å²) in [5, 5.41) is 0. The van der Waals surface area contributed by atoms with E-state index in [0.29, 0.717) is 5.41 Å². The van der Waals surface area contributed by atoms with Crippen LogP contribution in [0.1, 0.15) is 32.6 Å². The van der Waals surface area contributed by atoms with Gasteiger partial charge in [0.15, 0.2) is 0 Å². The molecule has 0 aromatic carbocycles. The van der Waals surface area contributed by atoms with E-state index in [4.69, 9.17) is 0 Å². The number of nitrogens with zero attached hydrogens (tertiary/aromatic N) is 2. The highest BCUT2D eigenvalue weighted by atomic mass is 15.2. The van der Waals surface area contributed by atoms with Gasteiger partial charge in [0.25, 0.3) is 0 Å². The molecule has 2 fully saturated rings. The summed E-state index contributed by atoms with van der Waals surface area (Å²) in [5.74, 6) is 0. The number of unbranched alkanes of at least 4 members (excludes halogenated alkanes) is 1. The first-order valence-electron chi connectivity index (χ1n) is 6.15. The van der Waals surface area contributed by atoms with Crippen LogP contribution in [-0.4, -0.2) is 49.6 Å². The lowest BCUT2D eigenvalue weighted by atomic mass is 9.86. The van der Waals surface area contributed by atoms with Gasteiger partial charge in [0.2, 0.25) is 0 Å². The molecule has 0 aromatic rings. The summed E-state index contributed by atoms with van der Waals surface area (Å²) in [6.45, 7) is 9.01. The molecule has 82 valence electrons. The van der Waals surface area contributed by atoms with Gasteiger partial charge < -0.3 is 9.80 Å². The molecule has 2 heterocycles. The van der Waals surface area contributed by atoms with Crippen LogP contribution in [0, 0.1) is 5.41 Å². The summed E-state index contributed by atoms with van der Waals surface area (Å²) in [4.78, 5) is 5.19. The average molecular weight is 196 g/mol. The lowest BCUT2D eigenvalue weighted by Gasteiger charge is -2.23. The van der Waals surface area contributed by atoms with E-state index in [2.05, 4.69) is 23.8 Å². The molecule has 0 amide bonds. The maximum absolute atomic E-state index is 2.68. The minimum atomic E-state index is 0.683. The zero-order valence-corrected chi connectivity index (χ0v) is 9.76. The molecule has 2 aliphatic heterocycles. The molecule has 0 bridgehead atoms. The Bertz CT molecular complexity index is 193. The highest BCUT2D eigenvalue weighted by Gasteiger charge is 2.41. The second-order valence-electron chi connectivity index (χ2n) is 5.37. The summed E-state index contributed by atoms with van der Waals surface area (Å²) < 4.78 is 0. The Hall–Kier alpha value is -0.0800. The van der Waals surface area contributed by atoms with Gasteiger partial charge in [-0.25, -0.2) is 0 Å². The van der Waals surface area contributed by atoms with Crippen molar-refractivity contribution in [1.82, 2.24) is 9.80 Å². The summed E-state index contributed by atoms with van der Waals surface area (Å²) in [6.07, 6.45) is 5.60. The zero-order chi connectivity index (χ0) is 10.0. The Labute approximate surface area is 88.3 Å². The molecule has 0 radical (unpaired) electrons. The third-order valence-corrected chi connectivity index (χ3v) is 3.97. The summed E-state index contributed by atoms with van der Waals surface area (Å²) in [5.41, 5.74) is 0.683. The smallest absolute Gasteiger partial charge is 0.00512 e. The minimum Gasteiger partial charge on any atom is -0.306 e. The Morgan fingerprint density at radius 2 is 1.93 bits per heavy atom. The van der Waals surface area contributed by atoms with Gasteiger partial charge in [-0.3, -0.25) is 0 Å². The molecule has 2 heteroatoms. The fourth-order valence-corrected chi connectivity index (χ4v) is 3.09. The first-order chi connectivity index (χ1) is 6.74. The fourth-order valence-electron chi connectivity index (χ4n) is 3.09. The van der Waals surface area contributed by atoms with Crippen molar-refractivity contribution >= 4 is 0 Å². The second kappa shape index (κ2) is 4.19. The predicted octanol–water partition coefficient (Wildman–Crippen LogP) is 1.81. The number of rotatable bonds is 3. The fraction of sp³-hybridized carbons (Fsp3) is 1.00. The quantitative estimate of drug-likeness (QED) is 0.679. The van der Waals surface area contributed by atoms with Crippen LogP contribution in [-0.2, 0) is 0 Å². The van der Waals surface area contributed by atoms with Crippen molar-refractivity contribution in [2.75, 3.05) is 39.8 Å². The largest absolute Gasteiger partial charge is 0.306 e. The van der Waals surface area contributed by atoms with E-state index < -0.39 is 0 Å². The lowest BCUT2D eigenvalue weighted by Crippen LogP contribution is -2.30. The standard InChI is InChI=1S/C12H24N2/c1-3-4-7-14-9-6-12(11-14)5-8-13(2)10-12/h3-11H2,1-2H3.